The molecule has 0 aliphatic carbocycles. The molecule has 0 saturated carbocycles. The SMILES string of the molecule is Cc1ccc(C2(C)NC(=O)N(CC(=O)N3CCCCC3CN)C2=O)cc1. The number of nitrogens with two attached hydrogens (primary N) is 1. The number of rotatable bonds is 4. The highest BCUT2D eigenvalue weighted by Crippen LogP contribution is 2.29. The monoisotopic (exact) mass is 358 g/mol. The smallest absolute Gasteiger partial charge is 0.325 e. The van der Waals surface area contributed by atoms with Crippen molar-refractivity contribution < 1.29 is 14.4 Å². The molecule has 2 aliphatic rings. The highest BCUT2D eigenvalue weighted by Gasteiger charge is 2.49. The highest BCUT2D eigenvalue weighted by molar-refractivity contribution is 6.09. The molecule has 2 saturated heterocycles. The number of nitrogens with one attached hydrogen (secondary N) is 1. The predicted molar refractivity (Wildman–Crippen MR) is 97.2 cm³/mol. The van der Waals surface area contributed by atoms with E-state index in [9.17, 15) is 14.4 Å². The minimum atomic E-state index is -1.15. The van der Waals surface area contributed by atoms with Crippen LogP contribution in [0.15, 0.2) is 24.3 Å². The molecule has 0 radical (unpaired) electrons. The molecule has 26 heavy (non-hydrogen) atoms. The summed E-state index contributed by atoms with van der Waals surface area (Å²) < 4.78 is 0. The molecular formula is C19H26N4O3. The number of benzene rings is 1. The lowest BCUT2D eigenvalue weighted by atomic mass is 9.91. The Labute approximate surface area is 153 Å². The third-order valence-corrected chi connectivity index (χ3v) is 5.42. The van der Waals surface area contributed by atoms with Crippen molar-refractivity contribution in [2.75, 3.05) is 19.6 Å². The van der Waals surface area contributed by atoms with Crippen LogP contribution >= 0.6 is 0 Å². The molecule has 3 N–H and O–H groups in total. The first-order chi connectivity index (χ1) is 12.4. The van der Waals surface area contributed by atoms with Crippen molar-refractivity contribution in [1.29, 1.82) is 0 Å². The van der Waals surface area contributed by atoms with E-state index in [1.807, 2.05) is 31.2 Å². The van der Waals surface area contributed by atoms with E-state index >= 15 is 0 Å². The maximum absolute atomic E-state index is 12.9. The molecule has 0 bridgehead atoms. The molecule has 2 fully saturated rings. The number of nitrogens with zero attached hydrogens (tertiary/aromatic N) is 2. The standard InChI is InChI=1S/C19H26N4O3/c1-13-6-8-14(9-7-13)19(2)17(25)23(18(26)21-19)12-16(24)22-10-4-3-5-15(22)11-20/h6-9,15H,3-5,10-12,20H2,1-2H3,(H,21,26). The lowest BCUT2D eigenvalue weighted by molar-refractivity contribution is -0.141. The van der Waals surface area contributed by atoms with E-state index in [4.69, 9.17) is 5.73 Å². The fourth-order valence-corrected chi connectivity index (χ4v) is 3.72. The van der Waals surface area contributed by atoms with Gasteiger partial charge in [0.05, 0.1) is 0 Å². The second kappa shape index (κ2) is 7.07. The number of aryl methyl sites for hydroxylation is 1. The lowest BCUT2D eigenvalue weighted by Gasteiger charge is -2.35. The minimum absolute atomic E-state index is 0.0134. The Bertz CT molecular complexity index is 718. The molecule has 3 rings (SSSR count). The van der Waals surface area contributed by atoms with Crippen LogP contribution in [-0.4, -0.2) is 53.3 Å². The molecule has 0 spiro atoms. The van der Waals surface area contributed by atoms with Crippen molar-refractivity contribution in [3.05, 3.63) is 35.4 Å². The molecule has 4 amide bonds. The predicted octanol–water partition coefficient (Wildman–Crippen LogP) is 1.10. The van der Waals surface area contributed by atoms with Gasteiger partial charge in [-0.25, -0.2) is 4.79 Å². The summed E-state index contributed by atoms with van der Waals surface area (Å²) in [6.07, 6.45) is 2.83. The Hall–Kier alpha value is -2.41. The number of urea groups is 1. The Kier molecular flexibility index (Phi) is 5.00. The zero-order valence-electron chi connectivity index (χ0n) is 15.3. The summed E-state index contributed by atoms with van der Waals surface area (Å²) in [6, 6.07) is 6.90. The summed E-state index contributed by atoms with van der Waals surface area (Å²) in [5.41, 5.74) is 6.39. The molecule has 7 heteroatoms. The largest absolute Gasteiger partial charge is 0.337 e. The van der Waals surface area contributed by atoms with Crippen LogP contribution in [0.3, 0.4) is 0 Å². The number of hydrogen-bond donors (Lipinski definition) is 2. The van der Waals surface area contributed by atoms with Crippen LogP contribution in [0.25, 0.3) is 0 Å². The van der Waals surface area contributed by atoms with E-state index in [1.165, 1.54) is 0 Å². The van der Waals surface area contributed by atoms with Crippen molar-refractivity contribution in [2.45, 2.75) is 44.7 Å². The van der Waals surface area contributed by atoms with Gasteiger partial charge in [-0.3, -0.25) is 14.5 Å². The van der Waals surface area contributed by atoms with Gasteiger partial charge in [-0.15, -0.1) is 0 Å². The zero-order valence-corrected chi connectivity index (χ0v) is 15.3. The maximum Gasteiger partial charge on any atom is 0.325 e. The van der Waals surface area contributed by atoms with Gasteiger partial charge < -0.3 is 16.0 Å². The van der Waals surface area contributed by atoms with Crippen LogP contribution in [0.1, 0.15) is 37.3 Å². The van der Waals surface area contributed by atoms with Crippen molar-refractivity contribution >= 4 is 17.8 Å². The Balaban J connectivity index is 1.76. The van der Waals surface area contributed by atoms with Crippen LogP contribution in [0.4, 0.5) is 4.79 Å². The minimum Gasteiger partial charge on any atom is -0.337 e. The average molecular weight is 358 g/mol. The summed E-state index contributed by atoms with van der Waals surface area (Å²) in [6.45, 7) is 4.40. The molecule has 7 nitrogen and oxygen atoms in total. The first-order valence-electron chi connectivity index (χ1n) is 9.07. The van der Waals surface area contributed by atoms with Crippen LogP contribution in [-0.2, 0) is 15.1 Å². The van der Waals surface area contributed by atoms with Gasteiger partial charge in [-0.2, -0.15) is 0 Å². The molecule has 140 valence electrons. The summed E-state index contributed by atoms with van der Waals surface area (Å²) >= 11 is 0. The topological polar surface area (TPSA) is 95.7 Å². The quantitative estimate of drug-likeness (QED) is 0.788. The third-order valence-electron chi connectivity index (χ3n) is 5.42. The van der Waals surface area contributed by atoms with Gasteiger partial charge in [0.25, 0.3) is 5.91 Å². The number of carbonyl (C=O) groups is 3. The van der Waals surface area contributed by atoms with Gasteiger partial charge in [-0.1, -0.05) is 29.8 Å². The van der Waals surface area contributed by atoms with Crippen molar-refractivity contribution in [3.63, 3.8) is 0 Å². The van der Waals surface area contributed by atoms with E-state index in [-0.39, 0.29) is 18.5 Å². The number of likely N-dealkylation sites (tertiary alicyclic amines) is 1. The van der Waals surface area contributed by atoms with Gasteiger partial charge in [0.2, 0.25) is 5.91 Å². The number of hydrogen-bond acceptors (Lipinski definition) is 4. The molecule has 1 aromatic rings. The number of piperidine rings is 1. The molecule has 2 unspecified atom stereocenters. The number of carbonyl (C=O) groups excluding carboxylic acids is 3. The van der Waals surface area contributed by atoms with Crippen molar-refractivity contribution in [3.8, 4) is 0 Å². The van der Waals surface area contributed by atoms with E-state index in [2.05, 4.69) is 5.32 Å². The highest BCUT2D eigenvalue weighted by atomic mass is 16.2. The van der Waals surface area contributed by atoms with Gasteiger partial charge in [-0.05, 0) is 38.7 Å². The van der Waals surface area contributed by atoms with Gasteiger partial charge >= 0.3 is 6.03 Å². The van der Waals surface area contributed by atoms with E-state index in [0.29, 0.717) is 18.7 Å². The van der Waals surface area contributed by atoms with Crippen LogP contribution in [0.5, 0.6) is 0 Å². The van der Waals surface area contributed by atoms with E-state index in [0.717, 1.165) is 29.7 Å². The molecule has 0 aromatic heterocycles. The zero-order chi connectivity index (χ0) is 18.9. The fourth-order valence-electron chi connectivity index (χ4n) is 3.72. The number of imide groups is 1. The molecule has 1 aromatic carbocycles. The second-order valence-corrected chi connectivity index (χ2v) is 7.28. The van der Waals surface area contributed by atoms with E-state index in [1.54, 1.807) is 11.8 Å². The van der Waals surface area contributed by atoms with Crippen molar-refractivity contribution in [2.24, 2.45) is 5.73 Å². The van der Waals surface area contributed by atoms with Crippen LogP contribution < -0.4 is 11.1 Å². The lowest BCUT2D eigenvalue weighted by Crippen LogP contribution is -2.51. The summed E-state index contributed by atoms with van der Waals surface area (Å²) in [7, 11) is 0. The molecular weight excluding hydrogens is 332 g/mol. The Morgan fingerprint density at radius 1 is 1.27 bits per heavy atom. The van der Waals surface area contributed by atoms with Gasteiger partial charge in [0, 0.05) is 19.1 Å². The van der Waals surface area contributed by atoms with Gasteiger partial charge in [0.1, 0.15) is 12.1 Å². The van der Waals surface area contributed by atoms with Crippen LogP contribution in [0.2, 0.25) is 0 Å². The number of amides is 4. The fraction of sp³-hybridized carbons (Fsp3) is 0.526. The van der Waals surface area contributed by atoms with Gasteiger partial charge in [0.15, 0.2) is 0 Å². The maximum atomic E-state index is 12.9. The van der Waals surface area contributed by atoms with Crippen LogP contribution in [0, 0.1) is 6.92 Å². The average Bonchev–Trinajstić information content (AvgIpc) is 2.86. The van der Waals surface area contributed by atoms with Crippen molar-refractivity contribution in [1.82, 2.24) is 15.1 Å². The first-order valence-corrected chi connectivity index (χ1v) is 9.07. The van der Waals surface area contributed by atoms with E-state index < -0.39 is 17.5 Å². The Morgan fingerprint density at radius 3 is 2.62 bits per heavy atom. The summed E-state index contributed by atoms with van der Waals surface area (Å²) in [4.78, 5) is 40.8. The molecule has 2 atom stereocenters. The summed E-state index contributed by atoms with van der Waals surface area (Å²) in [5, 5.41) is 2.74. The Morgan fingerprint density at radius 2 is 1.96 bits per heavy atom. The normalized spacial score (nSPS) is 26.2. The summed E-state index contributed by atoms with van der Waals surface area (Å²) in [5.74, 6) is -0.627. The molecule has 2 aliphatic heterocycles. The third kappa shape index (κ3) is 3.19. The second-order valence-electron chi connectivity index (χ2n) is 7.28. The first kappa shape index (κ1) is 18.4. The molecule has 2 heterocycles.